The number of methoxy groups -OCH3 is 2. The lowest BCUT2D eigenvalue weighted by atomic mass is 9.96. The molecule has 4 heteroatoms. The first-order valence-electron chi connectivity index (χ1n) is 5.58. The van der Waals surface area contributed by atoms with Gasteiger partial charge in [-0.25, -0.2) is 0 Å². The van der Waals surface area contributed by atoms with Crippen molar-refractivity contribution in [2.75, 3.05) is 14.2 Å². The van der Waals surface area contributed by atoms with Gasteiger partial charge in [0, 0.05) is 9.30 Å². The summed E-state index contributed by atoms with van der Waals surface area (Å²) in [7, 11) is 3.36. The lowest BCUT2D eigenvalue weighted by molar-refractivity contribution is 0.304. The molecule has 0 heterocycles. The molecule has 2 rings (SSSR count). The zero-order chi connectivity index (χ0) is 13.1. The SMILES string of the molecule is COC1=C[C@H](Br)CC(c2cc(Br)cc(OC)c2)=C1. The zero-order valence-electron chi connectivity index (χ0n) is 10.2. The minimum Gasteiger partial charge on any atom is -0.497 e. The van der Waals surface area contributed by atoms with E-state index in [9.17, 15) is 0 Å². The molecule has 0 bridgehead atoms. The first kappa shape index (κ1) is 13.7. The number of halogens is 2. The number of allylic oxidation sites excluding steroid dienone is 3. The van der Waals surface area contributed by atoms with Crippen LogP contribution in [-0.4, -0.2) is 19.0 Å². The van der Waals surface area contributed by atoms with Crippen molar-refractivity contribution in [1.29, 1.82) is 0 Å². The summed E-state index contributed by atoms with van der Waals surface area (Å²) in [5, 5.41) is 0. The molecular weight excluding hydrogens is 360 g/mol. The van der Waals surface area contributed by atoms with Gasteiger partial charge in [0.15, 0.2) is 0 Å². The number of hydrogen-bond acceptors (Lipinski definition) is 2. The van der Waals surface area contributed by atoms with Crippen LogP contribution in [0.4, 0.5) is 0 Å². The van der Waals surface area contributed by atoms with Gasteiger partial charge in [-0.2, -0.15) is 0 Å². The van der Waals surface area contributed by atoms with Crippen LogP contribution in [-0.2, 0) is 4.74 Å². The summed E-state index contributed by atoms with van der Waals surface area (Å²) in [5.74, 6) is 1.73. The molecule has 1 aromatic carbocycles. The molecule has 0 saturated carbocycles. The molecule has 1 atom stereocenters. The van der Waals surface area contributed by atoms with E-state index in [1.54, 1.807) is 14.2 Å². The predicted octanol–water partition coefficient (Wildman–Crippen LogP) is 4.54. The van der Waals surface area contributed by atoms with Crippen molar-refractivity contribution < 1.29 is 9.47 Å². The highest BCUT2D eigenvalue weighted by Gasteiger charge is 2.15. The Hall–Kier alpha value is -0.740. The van der Waals surface area contributed by atoms with Gasteiger partial charge in [0.2, 0.25) is 0 Å². The Kier molecular flexibility index (Phi) is 4.51. The Balaban J connectivity index is 2.39. The van der Waals surface area contributed by atoms with Gasteiger partial charge in [-0.15, -0.1) is 0 Å². The summed E-state index contributed by atoms with van der Waals surface area (Å²) >= 11 is 7.12. The van der Waals surface area contributed by atoms with Crippen molar-refractivity contribution in [3.63, 3.8) is 0 Å². The van der Waals surface area contributed by atoms with Gasteiger partial charge in [-0.1, -0.05) is 31.9 Å². The highest BCUT2D eigenvalue weighted by atomic mass is 79.9. The molecule has 2 nitrogen and oxygen atoms in total. The maximum Gasteiger partial charge on any atom is 0.120 e. The molecule has 0 fully saturated rings. The highest BCUT2D eigenvalue weighted by Crippen LogP contribution is 2.33. The highest BCUT2D eigenvalue weighted by molar-refractivity contribution is 9.10. The molecule has 0 saturated heterocycles. The normalized spacial score (nSPS) is 19.0. The fourth-order valence-electron chi connectivity index (χ4n) is 1.92. The van der Waals surface area contributed by atoms with Crippen LogP contribution >= 0.6 is 31.9 Å². The summed E-state index contributed by atoms with van der Waals surface area (Å²) in [4.78, 5) is 0.303. The number of ether oxygens (including phenoxy) is 2. The second-order valence-electron chi connectivity index (χ2n) is 4.04. The monoisotopic (exact) mass is 372 g/mol. The van der Waals surface area contributed by atoms with E-state index in [1.165, 1.54) is 5.57 Å². The van der Waals surface area contributed by atoms with Crippen molar-refractivity contribution in [2.24, 2.45) is 0 Å². The molecule has 1 aliphatic carbocycles. The summed E-state index contributed by atoms with van der Waals surface area (Å²) < 4.78 is 11.6. The predicted molar refractivity (Wildman–Crippen MR) is 81.1 cm³/mol. The lowest BCUT2D eigenvalue weighted by Crippen LogP contribution is -2.04. The Morgan fingerprint density at radius 1 is 1.17 bits per heavy atom. The largest absolute Gasteiger partial charge is 0.497 e. The molecular formula is C14H14Br2O2. The first-order chi connectivity index (χ1) is 8.62. The summed E-state index contributed by atoms with van der Waals surface area (Å²) in [6.07, 6.45) is 5.07. The van der Waals surface area contributed by atoms with Gasteiger partial charge >= 0.3 is 0 Å². The Bertz CT molecular complexity index is 507. The fraction of sp³-hybridized carbons (Fsp3) is 0.286. The topological polar surface area (TPSA) is 18.5 Å². The molecule has 1 aromatic rings. The Labute approximate surface area is 124 Å². The fourth-order valence-corrected chi connectivity index (χ4v) is 3.00. The van der Waals surface area contributed by atoms with Gasteiger partial charge < -0.3 is 9.47 Å². The van der Waals surface area contributed by atoms with Crippen molar-refractivity contribution >= 4 is 37.4 Å². The first-order valence-corrected chi connectivity index (χ1v) is 7.28. The third kappa shape index (κ3) is 3.18. The summed E-state index contributed by atoms with van der Waals surface area (Å²) in [6.45, 7) is 0. The number of benzene rings is 1. The number of rotatable bonds is 3. The van der Waals surface area contributed by atoms with E-state index in [-0.39, 0.29) is 0 Å². The maximum absolute atomic E-state index is 5.31. The van der Waals surface area contributed by atoms with E-state index < -0.39 is 0 Å². The standard InChI is InChI=1S/C14H14Br2O2/c1-17-13-5-9(3-11(15)7-13)10-4-12(16)8-14(6-10)18-2/h3,5-8,12H,4H2,1-2H3/t12-/m1/s1. The molecule has 96 valence electrons. The molecule has 0 N–H and O–H groups in total. The molecule has 0 aromatic heterocycles. The van der Waals surface area contributed by atoms with Crippen LogP contribution in [0.2, 0.25) is 0 Å². The van der Waals surface area contributed by atoms with Crippen molar-refractivity contribution in [3.8, 4) is 5.75 Å². The van der Waals surface area contributed by atoms with Crippen molar-refractivity contribution in [2.45, 2.75) is 11.2 Å². The number of alkyl halides is 1. The molecule has 0 aliphatic heterocycles. The van der Waals surface area contributed by atoms with Gasteiger partial charge in [0.05, 0.1) is 14.2 Å². The van der Waals surface area contributed by atoms with E-state index in [0.717, 1.165) is 28.0 Å². The van der Waals surface area contributed by atoms with Crippen LogP contribution in [0.5, 0.6) is 5.75 Å². The third-order valence-corrected chi connectivity index (χ3v) is 3.84. The Morgan fingerprint density at radius 2 is 1.94 bits per heavy atom. The average Bonchev–Trinajstić information content (AvgIpc) is 2.37. The molecule has 1 aliphatic rings. The van der Waals surface area contributed by atoms with Crippen molar-refractivity contribution in [3.05, 3.63) is 46.1 Å². The second-order valence-corrected chi connectivity index (χ2v) is 6.13. The lowest BCUT2D eigenvalue weighted by Gasteiger charge is -2.18. The molecule has 0 spiro atoms. The molecule has 0 radical (unpaired) electrons. The molecule has 0 amide bonds. The van der Waals surface area contributed by atoms with E-state index in [0.29, 0.717) is 4.83 Å². The van der Waals surface area contributed by atoms with Gasteiger partial charge in [-0.3, -0.25) is 0 Å². The minimum atomic E-state index is 0.303. The van der Waals surface area contributed by atoms with Crippen LogP contribution < -0.4 is 4.74 Å². The molecule has 18 heavy (non-hydrogen) atoms. The van der Waals surface area contributed by atoms with Gasteiger partial charge in [-0.05, 0) is 47.9 Å². The van der Waals surface area contributed by atoms with Crippen LogP contribution in [0, 0.1) is 0 Å². The summed E-state index contributed by atoms with van der Waals surface area (Å²) in [5.41, 5.74) is 2.38. The summed E-state index contributed by atoms with van der Waals surface area (Å²) in [6, 6.07) is 6.08. The minimum absolute atomic E-state index is 0.303. The smallest absolute Gasteiger partial charge is 0.120 e. The van der Waals surface area contributed by atoms with Crippen LogP contribution in [0.3, 0.4) is 0 Å². The number of hydrogen-bond donors (Lipinski definition) is 0. The Morgan fingerprint density at radius 3 is 2.61 bits per heavy atom. The maximum atomic E-state index is 5.31. The van der Waals surface area contributed by atoms with E-state index in [4.69, 9.17) is 9.47 Å². The van der Waals surface area contributed by atoms with Crippen molar-refractivity contribution in [1.82, 2.24) is 0 Å². The van der Waals surface area contributed by atoms with Gasteiger partial charge in [0.1, 0.15) is 11.5 Å². The van der Waals surface area contributed by atoms with E-state index >= 15 is 0 Å². The van der Waals surface area contributed by atoms with E-state index in [1.807, 2.05) is 12.1 Å². The van der Waals surface area contributed by atoms with E-state index in [2.05, 4.69) is 50.1 Å². The third-order valence-electron chi connectivity index (χ3n) is 2.79. The van der Waals surface area contributed by atoms with Crippen LogP contribution in [0.15, 0.2) is 40.6 Å². The van der Waals surface area contributed by atoms with Gasteiger partial charge in [0.25, 0.3) is 0 Å². The molecule has 0 unspecified atom stereocenters. The van der Waals surface area contributed by atoms with Crippen LogP contribution in [0.25, 0.3) is 5.57 Å². The quantitative estimate of drug-likeness (QED) is 0.724. The second kappa shape index (κ2) is 5.93. The van der Waals surface area contributed by atoms with Crippen LogP contribution in [0.1, 0.15) is 12.0 Å². The average molecular weight is 374 g/mol. The zero-order valence-corrected chi connectivity index (χ0v) is 13.4.